The molecule has 0 aromatic heterocycles. The van der Waals surface area contributed by atoms with Crippen molar-refractivity contribution in [3.63, 3.8) is 0 Å². The number of carbonyl (C=O) groups is 1. The zero-order valence-electron chi connectivity index (χ0n) is 13.4. The SMILES string of the molecule is Cc1ccc(C#CCO)c(C(=O)NCC(C)(C)N(C)C)c1. The molecule has 0 bridgehead atoms. The summed E-state index contributed by atoms with van der Waals surface area (Å²) in [7, 11) is 3.97. The zero-order chi connectivity index (χ0) is 16.0. The second-order valence-corrected chi connectivity index (χ2v) is 5.90. The number of rotatable bonds is 4. The van der Waals surface area contributed by atoms with Crippen LogP contribution < -0.4 is 5.32 Å². The monoisotopic (exact) mass is 288 g/mol. The minimum Gasteiger partial charge on any atom is -0.384 e. The molecule has 0 aliphatic carbocycles. The number of aliphatic hydroxyl groups excluding tert-OH is 1. The molecule has 21 heavy (non-hydrogen) atoms. The van der Waals surface area contributed by atoms with Crippen LogP contribution in [0.1, 0.15) is 35.3 Å². The minimum absolute atomic E-state index is 0.129. The number of hydrogen-bond donors (Lipinski definition) is 2. The highest BCUT2D eigenvalue weighted by Crippen LogP contribution is 2.12. The summed E-state index contributed by atoms with van der Waals surface area (Å²) in [6, 6.07) is 5.53. The molecule has 1 rings (SSSR count). The number of aryl methyl sites for hydroxylation is 1. The van der Waals surface area contributed by atoms with Crippen LogP contribution in [0.25, 0.3) is 0 Å². The minimum atomic E-state index is -0.220. The van der Waals surface area contributed by atoms with Gasteiger partial charge in [0, 0.05) is 17.6 Å². The van der Waals surface area contributed by atoms with Gasteiger partial charge in [-0.25, -0.2) is 0 Å². The van der Waals surface area contributed by atoms with Gasteiger partial charge in [0.1, 0.15) is 6.61 Å². The third-order valence-electron chi connectivity index (χ3n) is 3.61. The Balaban J connectivity index is 2.94. The molecule has 0 spiro atoms. The Morgan fingerprint density at radius 2 is 2.05 bits per heavy atom. The van der Waals surface area contributed by atoms with E-state index in [0.717, 1.165) is 5.56 Å². The van der Waals surface area contributed by atoms with Crippen molar-refractivity contribution in [2.75, 3.05) is 27.2 Å². The van der Waals surface area contributed by atoms with E-state index in [0.29, 0.717) is 17.7 Å². The quantitative estimate of drug-likeness (QED) is 0.824. The Hall–Kier alpha value is -1.83. The number of nitrogens with zero attached hydrogens (tertiary/aromatic N) is 1. The Morgan fingerprint density at radius 3 is 2.62 bits per heavy atom. The van der Waals surface area contributed by atoms with Crippen LogP contribution in [0, 0.1) is 18.8 Å². The van der Waals surface area contributed by atoms with E-state index < -0.39 is 0 Å². The third kappa shape index (κ3) is 4.89. The van der Waals surface area contributed by atoms with E-state index in [1.165, 1.54) is 0 Å². The van der Waals surface area contributed by atoms with E-state index in [-0.39, 0.29) is 18.1 Å². The van der Waals surface area contributed by atoms with Crippen molar-refractivity contribution in [1.82, 2.24) is 10.2 Å². The molecule has 114 valence electrons. The van der Waals surface area contributed by atoms with Crippen molar-refractivity contribution < 1.29 is 9.90 Å². The van der Waals surface area contributed by atoms with Crippen molar-refractivity contribution in [2.45, 2.75) is 26.3 Å². The van der Waals surface area contributed by atoms with Gasteiger partial charge in [0.15, 0.2) is 0 Å². The Labute approximate surface area is 127 Å². The van der Waals surface area contributed by atoms with E-state index in [2.05, 4.69) is 35.9 Å². The molecule has 0 aliphatic rings. The molecule has 2 N–H and O–H groups in total. The fourth-order valence-electron chi connectivity index (χ4n) is 1.64. The highest BCUT2D eigenvalue weighted by molar-refractivity contribution is 5.97. The van der Waals surface area contributed by atoms with Crippen LogP contribution in [-0.2, 0) is 0 Å². The van der Waals surface area contributed by atoms with E-state index in [4.69, 9.17) is 5.11 Å². The molecular weight excluding hydrogens is 264 g/mol. The maximum atomic E-state index is 12.4. The van der Waals surface area contributed by atoms with Gasteiger partial charge in [-0.05, 0) is 47.0 Å². The lowest BCUT2D eigenvalue weighted by atomic mass is 10.0. The van der Waals surface area contributed by atoms with Gasteiger partial charge in [0.05, 0.1) is 5.56 Å². The lowest BCUT2D eigenvalue weighted by Gasteiger charge is -2.32. The van der Waals surface area contributed by atoms with E-state index in [9.17, 15) is 4.79 Å². The summed E-state index contributed by atoms with van der Waals surface area (Å²) in [5.41, 5.74) is 2.05. The van der Waals surface area contributed by atoms with Gasteiger partial charge in [-0.3, -0.25) is 4.79 Å². The summed E-state index contributed by atoms with van der Waals surface area (Å²) in [6.45, 7) is 6.39. The van der Waals surface area contributed by atoms with Crippen molar-refractivity contribution in [3.8, 4) is 11.8 Å². The number of benzene rings is 1. The molecular formula is C17H24N2O2. The number of nitrogens with one attached hydrogen (secondary N) is 1. The van der Waals surface area contributed by atoms with Crippen molar-refractivity contribution >= 4 is 5.91 Å². The van der Waals surface area contributed by atoms with Crippen LogP contribution >= 0.6 is 0 Å². The molecule has 1 amide bonds. The summed E-state index contributed by atoms with van der Waals surface area (Å²) in [6.07, 6.45) is 0. The van der Waals surface area contributed by atoms with E-state index in [1.807, 2.05) is 39.2 Å². The first-order chi connectivity index (χ1) is 9.77. The Kier molecular flexibility index (Phi) is 5.95. The van der Waals surface area contributed by atoms with Gasteiger partial charge in [-0.2, -0.15) is 0 Å². The summed E-state index contributed by atoms with van der Waals surface area (Å²) < 4.78 is 0. The molecule has 1 aromatic rings. The zero-order valence-corrected chi connectivity index (χ0v) is 13.4. The fourth-order valence-corrected chi connectivity index (χ4v) is 1.64. The van der Waals surface area contributed by atoms with E-state index in [1.54, 1.807) is 0 Å². The highest BCUT2D eigenvalue weighted by atomic mass is 16.2. The molecule has 0 unspecified atom stereocenters. The summed E-state index contributed by atoms with van der Waals surface area (Å²) in [5.74, 6) is 5.26. The predicted molar refractivity (Wildman–Crippen MR) is 85.2 cm³/mol. The number of likely N-dealkylation sites (N-methyl/N-ethyl adjacent to an activating group) is 1. The molecule has 0 saturated heterocycles. The van der Waals surface area contributed by atoms with Gasteiger partial charge >= 0.3 is 0 Å². The normalized spacial score (nSPS) is 11.0. The predicted octanol–water partition coefficient (Wildman–Crippen LogP) is 1.41. The second-order valence-electron chi connectivity index (χ2n) is 5.90. The lowest BCUT2D eigenvalue weighted by molar-refractivity contribution is 0.0919. The van der Waals surface area contributed by atoms with Crippen LogP contribution in [-0.4, -0.2) is 48.7 Å². The molecule has 4 heteroatoms. The van der Waals surface area contributed by atoms with Crippen molar-refractivity contribution in [3.05, 3.63) is 34.9 Å². The fraction of sp³-hybridized carbons (Fsp3) is 0.471. The molecule has 0 saturated carbocycles. The number of carbonyl (C=O) groups excluding carboxylic acids is 1. The maximum absolute atomic E-state index is 12.4. The van der Waals surface area contributed by atoms with Gasteiger partial charge in [0.2, 0.25) is 0 Å². The molecule has 1 aromatic carbocycles. The average molecular weight is 288 g/mol. The summed E-state index contributed by atoms with van der Waals surface area (Å²) in [5, 5.41) is 11.8. The van der Waals surface area contributed by atoms with Gasteiger partial charge in [-0.15, -0.1) is 0 Å². The second kappa shape index (κ2) is 7.26. The van der Waals surface area contributed by atoms with Crippen LogP contribution in [0.3, 0.4) is 0 Å². The van der Waals surface area contributed by atoms with E-state index >= 15 is 0 Å². The smallest absolute Gasteiger partial charge is 0.252 e. The molecule has 0 atom stereocenters. The molecule has 0 heterocycles. The number of aliphatic hydroxyl groups is 1. The van der Waals surface area contributed by atoms with Crippen LogP contribution in [0.5, 0.6) is 0 Å². The first kappa shape index (κ1) is 17.2. The van der Waals surface area contributed by atoms with Gasteiger partial charge < -0.3 is 15.3 Å². The molecule has 4 nitrogen and oxygen atoms in total. The third-order valence-corrected chi connectivity index (χ3v) is 3.61. The first-order valence-corrected chi connectivity index (χ1v) is 6.94. The van der Waals surface area contributed by atoms with Crippen molar-refractivity contribution in [2.24, 2.45) is 0 Å². The summed E-state index contributed by atoms with van der Waals surface area (Å²) >= 11 is 0. The summed E-state index contributed by atoms with van der Waals surface area (Å²) in [4.78, 5) is 14.5. The van der Waals surface area contributed by atoms with Gasteiger partial charge in [0.25, 0.3) is 5.91 Å². The Morgan fingerprint density at radius 1 is 1.38 bits per heavy atom. The standard InChI is InChI=1S/C17H24N2O2/c1-13-8-9-14(7-6-10-20)15(11-13)16(21)18-12-17(2,3)19(4)5/h8-9,11,20H,10,12H2,1-5H3,(H,18,21). The number of hydrogen-bond acceptors (Lipinski definition) is 3. The van der Waals surface area contributed by atoms with Crippen molar-refractivity contribution in [1.29, 1.82) is 0 Å². The molecule has 0 fully saturated rings. The molecule has 0 radical (unpaired) electrons. The first-order valence-electron chi connectivity index (χ1n) is 6.94. The number of amides is 1. The topological polar surface area (TPSA) is 52.6 Å². The Bertz CT molecular complexity index is 566. The van der Waals surface area contributed by atoms with Crippen LogP contribution in [0.4, 0.5) is 0 Å². The van der Waals surface area contributed by atoms with Crippen LogP contribution in [0.15, 0.2) is 18.2 Å². The van der Waals surface area contributed by atoms with Crippen LogP contribution in [0.2, 0.25) is 0 Å². The maximum Gasteiger partial charge on any atom is 0.252 e. The largest absolute Gasteiger partial charge is 0.384 e. The molecule has 0 aliphatic heterocycles. The average Bonchev–Trinajstić information content (AvgIpc) is 2.43. The van der Waals surface area contributed by atoms with Gasteiger partial charge in [-0.1, -0.05) is 23.5 Å². The lowest BCUT2D eigenvalue weighted by Crippen LogP contribution is -2.48. The highest BCUT2D eigenvalue weighted by Gasteiger charge is 2.22.